The lowest BCUT2D eigenvalue weighted by molar-refractivity contribution is 0.386. The van der Waals surface area contributed by atoms with E-state index in [2.05, 4.69) is 9.97 Å². The molecule has 0 amide bonds. The van der Waals surface area contributed by atoms with Crippen molar-refractivity contribution in [3.8, 4) is 22.7 Å². The van der Waals surface area contributed by atoms with Crippen molar-refractivity contribution in [2.45, 2.75) is 20.4 Å². The Morgan fingerprint density at radius 1 is 0.974 bits per heavy atom. The Hall–Kier alpha value is -5.12. The summed E-state index contributed by atoms with van der Waals surface area (Å²) in [5.74, 6) is 0.245. The van der Waals surface area contributed by atoms with E-state index < -0.39 is 5.82 Å². The first-order valence-corrected chi connectivity index (χ1v) is 12.3. The van der Waals surface area contributed by atoms with E-state index >= 15 is 0 Å². The molecule has 10 heteroatoms. The van der Waals surface area contributed by atoms with E-state index in [9.17, 15) is 9.18 Å². The highest BCUT2D eigenvalue weighted by molar-refractivity contribution is 5.98. The number of nitrogens with two attached hydrogens (primary N) is 1. The van der Waals surface area contributed by atoms with Gasteiger partial charge in [0.15, 0.2) is 17.2 Å². The van der Waals surface area contributed by atoms with Gasteiger partial charge in [-0.1, -0.05) is 30.3 Å². The third-order valence-corrected chi connectivity index (χ3v) is 6.81. The van der Waals surface area contributed by atoms with E-state index in [4.69, 9.17) is 20.6 Å². The predicted molar refractivity (Wildman–Crippen MR) is 148 cm³/mol. The molecule has 39 heavy (non-hydrogen) atoms. The largest absolute Gasteiger partial charge is 0.494 e. The molecule has 0 saturated heterocycles. The van der Waals surface area contributed by atoms with Gasteiger partial charge in [0.25, 0.3) is 5.56 Å². The highest BCUT2D eigenvalue weighted by Gasteiger charge is 2.21. The second-order valence-electron chi connectivity index (χ2n) is 9.24. The zero-order chi connectivity index (χ0) is 27.3. The van der Waals surface area contributed by atoms with Gasteiger partial charge >= 0.3 is 0 Å². The topological polar surface area (TPSA) is 114 Å². The van der Waals surface area contributed by atoms with Crippen molar-refractivity contribution in [1.82, 2.24) is 29.3 Å². The lowest BCUT2D eigenvalue weighted by Crippen LogP contribution is -2.26. The number of hydrogen-bond donors (Lipinski definition) is 1. The predicted octanol–water partition coefficient (Wildman–Crippen LogP) is 4.59. The molecule has 0 radical (unpaired) electrons. The summed E-state index contributed by atoms with van der Waals surface area (Å²) in [6.07, 6.45) is 1.35. The Balaban J connectivity index is 1.60. The number of aryl methyl sites for hydroxylation is 2. The van der Waals surface area contributed by atoms with Gasteiger partial charge in [-0.05, 0) is 55.3 Å². The number of para-hydroxylation sites is 1. The highest BCUT2D eigenvalue weighted by atomic mass is 19.1. The third-order valence-electron chi connectivity index (χ3n) is 6.81. The maximum absolute atomic E-state index is 14.6. The van der Waals surface area contributed by atoms with Crippen molar-refractivity contribution >= 4 is 27.8 Å². The molecule has 2 N–H and O–H groups in total. The molecule has 3 aromatic carbocycles. The number of hydrogen-bond acceptors (Lipinski definition) is 7. The summed E-state index contributed by atoms with van der Waals surface area (Å²) >= 11 is 0. The molecular weight excluding hydrogens is 497 g/mol. The highest BCUT2D eigenvalue weighted by Crippen LogP contribution is 2.32. The molecule has 0 aliphatic heterocycles. The van der Waals surface area contributed by atoms with Gasteiger partial charge in [0, 0.05) is 5.56 Å². The molecule has 6 aromatic rings. The molecule has 9 nitrogen and oxygen atoms in total. The minimum atomic E-state index is -0.534. The van der Waals surface area contributed by atoms with Crippen LogP contribution in [0.2, 0.25) is 0 Å². The van der Waals surface area contributed by atoms with Gasteiger partial charge in [0.05, 0.1) is 29.1 Å². The van der Waals surface area contributed by atoms with Crippen molar-refractivity contribution in [3.63, 3.8) is 0 Å². The number of benzene rings is 3. The van der Waals surface area contributed by atoms with Crippen molar-refractivity contribution in [3.05, 3.63) is 100 Å². The fourth-order valence-electron chi connectivity index (χ4n) is 4.90. The van der Waals surface area contributed by atoms with Gasteiger partial charge in [-0.2, -0.15) is 5.10 Å². The van der Waals surface area contributed by atoms with Crippen LogP contribution in [0.15, 0.2) is 71.8 Å². The maximum Gasteiger partial charge on any atom is 0.266 e. The molecule has 3 heterocycles. The molecular formula is C29H24FN7O2. The monoisotopic (exact) mass is 521 g/mol. The Morgan fingerprint density at radius 2 is 1.77 bits per heavy atom. The Kier molecular flexibility index (Phi) is 5.79. The van der Waals surface area contributed by atoms with Crippen LogP contribution in [-0.2, 0) is 6.54 Å². The quantitative estimate of drug-likeness (QED) is 0.353. The third kappa shape index (κ3) is 3.97. The summed E-state index contributed by atoms with van der Waals surface area (Å²) in [4.78, 5) is 27.4. The van der Waals surface area contributed by atoms with E-state index in [1.54, 1.807) is 15.3 Å². The van der Waals surface area contributed by atoms with Crippen molar-refractivity contribution < 1.29 is 9.13 Å². The summed E-state index contributed by atoms with van der Waals surface area (Å²) in [6.45, 7) is 3.94. The first-order valence-electron chi connectivity index (χ1n) is 12.3. The minimum Gasteiger partial charge on any atom is -0.494 e. The van der Waals surface area contributed by atoms with Crippen LogP contribution in [0.4, 0.5) is 10.2 Å². The number of ether oxygens (including phenoxy) is 1. The van der Waals surface area contributed by atoms with Crippen LogP contribution in [0.1, 0.15) is 17.0 Å². The Morgan fingerprint density at radius 3 is 2.54 bits per heavy atom. The average Bonchev–Trinajstić information content (AvgIpc) is 3.29. The van der Waals surface area contributed by atoms with Gasteiger partial charge in [-0.3, -0.25) is 9.36 Å². The number of nitrogens with zero attached hydrogens (tertiary/aromatic N) is 6. The summed E-state index contributed by atoms with van der Waals surface area (Å²) in [5, 5.41) is 5.80. The van der Waals surface area contributed by atoms with Crippen molar-refractivity contribution in [2.75, 3.05) is 12.8 Å². The van der Waals surface area contributed by atoms with Gasteiger partial charge in [-0.15, -0.1) is 0 Å². The summed E-state index contributed by atoms with van der Waals surface area (Å²) in [6, 6.07) is 17.8. The zero-order valence-electron chi connectivity index (χ0n) is 21.5. The molecule has 194 valence electrons. The van der Waals surface area contributed by atoms with Gasteiger partial charge in [-0.25, -0.2) is 24.0 Å². The van der Waals surface area contributed by atoms with Gasteiger partial charge < -0.3 is 10.5 Å². The van der Waals surface area contributed by atoms with Crippen molar-refractivity contribution in [1.29, 1.82) is 0 Å². The molecule has 0 saturated carbocycles. The fraction of sp³-hybridized carbons (Fsp3) is 0.138. The summed E-state index contributed by atoms with van der Waals surface area (Å²) < 4.78 is 22.9. The second-order valence-corrected chi connectivity index (χ2v) is 9.24. The number of nitrogen functional groups attached to an aromatic ring is 1. The zero-order valence-corrected chi connectivity index (χ0v) is 21.5. The molecule has 0 aliphatic rings. The van der Waals surface area contributed by atoms with Crippen LogP contribution >= 0.6 is 0 Å². The number of aromatic nitrogens is 6. The van der Waals surface area contributed by atoms with Crippen LogP contribution in [0.3, 0.4) is 0 Å². The molecule has 0 fully saturated rings. The van der Waals surface area contributed by atoms with Crippen LogP contribution < -0.4 is 16.0 Å². The Bertz CT molecular complexity index is 1960. The van der Waals surface area contributed by atoms with Crippen LogP contribution in [0.5, 0.6) is 5.75 Å². The normalized spacial score (nSPS) is 11.4. The standard InChI is InChI=1S/C29H24FN7O2/c1-16-7-4-5-10-21(16)37-23(34-20-9-6-8-17(2)24(20)29(37)38)14-36-28-25(27(31)32-15-33-28)26(35-36)18-11-12-22(39-3)19(30)13-18/h4-13,15H,14H2,1-3H3,(H2,31,32,33). The Labute approximate surface area is 222 Å². The fourth-order valence-corrected chi connectivity index (χ4v) is 4.90. The minimum absolute atomic E-state index is 0.0963. The molecule has 0 spiro atoms. The molecule has 0 atom stereocenters. The summed E-state index contributed by atoms with van der Waals surface area (Å²) in [7, 11) is 1.40. The van der Waals surface area contributed by atoms with Gasteiger partial charge in [0.2, 0.25) is 0 Å². The summed E-state index contributed by atoms with van der Waals surface area (Å²) in [5.41, 5.74) is 10.5. The van der Waals surface area contributed by atoms with E-state index in [1.165, 1.54) is 25.6 Å². The van der Waals surface area contributed by atoms with Crippen LogP contribution in [0.25, 0.3) is 38.9 Å². The van der Waals surface area contributed by atoms with E-state index in [0.29, 0.717) is 39.0 Å². The number of fused-ring (bicyclic) bond motifs is 2. The average molecular weight is 522 g/mol. The number of methoxy groups -OCH3 is 1. The molecule has 6 rings (SSSR count). The first kappa shape index (κ1) is 24.2. The van der Waals surface area contributed by atoms with E-state index in [1.807, 2.05) is 56.3 Å². The lowest BCUT2D eigenvalue weighted by atomic mass is 10.1. The van der Waals surface area contributed by atoms with E-state index in [0.717, 1.165) is 16.8 Å². The van der Waals surface area contributed by atoms with Crippen LogP contribution in [-0.4, -0.2) is 36.4 Å². The molecule has 3 aromatic heterocycles. The van der Waals surface area contributed by atoms with E-state index in [-0.39, 0.29) is 23.7 Å². The molecule has 0 aliphatic carbocycles. The SMILES string of the molecule is COc1ccc(-c2nn(Cc3nc4cccc(C)c4c(=O)n3-c3ccccc3C)c3ncnc(N)c23)cc1F. The first-order chi connectivity index (χ1) is 18.9. The second kappa shape index (κ2) is 9.32. The number of anilines is 1. The lowest BCUT2D eigenvalue weighted by Gasteiger charge is -2.16. The number of rotatable bonds is 5. The van der Waals surface area contributed by atoms with Gasteiger partial charge in [0.1, 0.15) is 30.2 Å². The van der Waals surface area contributed by atoms with Crippen LogP contribution in [0, 0.1) is 19.7 Å². The van der Waals surface area contributed by atoms with Crippen molar-refractivity contribution in [2.24, 2.45) is 0 Å². The maximum atomic E-state index is 14.6. The number of halogens is 1. The molecule has 0 bridgehead atoms. The molecule has 0 unspecified atom stereocenters. The smallest absolute Gasteiger partial charge is 0.266 e.